The van der Waals surface area contributed by atoms with Crippen LogP contribution in [-0.4, -0.2) is 28.8 Å². The monoisotopic (exact) mass is 374 g/mol. The highest BCUT2D eigenvalue weighted by Gasteiger charge is 2.29. The van der Waals surface area contributed by atoms with Crippen molar-refractivity contribution in [1.29, 1.82) is 0 Å². The van der Waals surface area contributed by atoms with Gasteiger partial charge in [-0.05, 0) is 40.8 Å². The summed E-state index contributed by atoms with van der Waals surface area (Å²) in [6.07, 6.45) is 0.698. The number of pyridine rings is 1. The maximum Gasteiger partial charge on any atom is 0.411 e. The van der Waals surface area contributed by atoms with E-state index in [1.807, 2.05) is 24.3 Å². The molecule has 28 heavy (non-hydrogen) atoms. The first-order chi connectivity index (χ1) is 13.5. The molecular formula is C22H18N2O4. The topological polar surface area (TPSA) is 88.5 Å². The quantitative estimate of drug-likeness (QED) is 0.704. The Bertz CT molecular complexity index is 1030. The molecule has 140 valence electrons. The number of hydrogen-bond acceptors (Lipinski definition) is 4. The first kappa shape index (κ1) is 17.7. The predicted molar refractivity (Wildman–Crippen MR) is 105 cm³/mol. The van der Waals surface area contributed by atoms with Crippen LogP contribution in [0.3, 0.4) is 0 Å². The Morgan fingerprint density at radius 2 is 1.68 bits per heavy atom. The standard InChI is InChI=1S/C22H18N2O4/c1-13-10-14(11-23-20(13)21(25)26)24-22(27)28-12-19-17-8-4-2-6-15(17)16-7-3-5-9-18(16)19/h2-11,19H,12H2,1H3,(H,24,27)(H,25,26). The number of amides is 1. The first-order valence-corrected chi connectivity index (χ1v) is 8.86. The molecule has 3 aromatic rings. The molecule has 1 aromatic heterocycles. The van der Waals surface area contributed by atoms with Crippen LogP contribution < -0.4 is 5.32 Å². The van der Waals surface area contributed by atoms with Crippen LogP contribution in [0.15, 0.2) is 60.8 Å². The number of hydrogen-bond donors (Lipinski definition) is 2. The first-order valence-electron chi connectivity index (χ1n) is 8.86. The van der Waals surface area contributed by atoms with E-state index in [1.165, 1.54) is 6.20 Å². The van der Waals surface area contributed by atoms with E-state index in [0.717, 1.165) is 22.3 Å². The number of fused-ring (bicyclic) bond motifs is 3. The molecule has 1 aliphatic carbocycles. The van der Waals surface area contributed by atoms with E-state index < -0.39 is 12.1 Å². The number of carboxylic acid groups (broad SMARTS) is 1. The molecule has 0 atom stereocenters. The number of aromatic carboxylic acids is 1. The molecule has 2 aromatic carbocycles. The Morgan fingerprint density at radius 3 is 2.25 bits per heavy atom. The van der Waals surface area contributed by atoms with E-state index in [-0.39, 0.29) is 18.2 Å². The molecule has 1 heterocycles. The molecule has 0 bridgehead atoms. The summed E-state index contributed by atoms with van der Waals surface area (Å²) in [7, 11) is 0. The van der Waals surface area contributed by atoms with Crippen molar-refractivity contribution >= 4 is 17.7 Å². The van der Waals surface area contributed by atoms with Crippen LogP contribution in [0.4, 0.5) is 10.5 Å². The number of nitrogens with one attached hydrogen (secondary N) is 1. The Labute approximate surface area is 161 Å². The van der Waals surface area contributed by atoms with Gasteiger partial charge < -0.3 is 9.84 Å². The fraction of sp³-hybridized carbons (Fsp3) is 0.136. The lowest BCUT2D eigenvalue weighted by atomic mass is 9.98. The molecular weight excluding hydrogens is 356 g/mol. The minimum Gasteiger partial charge on any atom is -0.477 e. The van der Waals surface area contributed by atoms with Crippen molar-refractivity contribution in [3.8, 4) is 11.1 Å². The summed E-state index contributed by atoms with van der Waals surface area (Å²) < 4.78 is 5.47. The van der Waals surface area contributed by atoms with Gasteiger partial charge in [0.1, 0.15) is 6.61 Å². The number of anilines is 1. The van der Waals surface area contributed by atoms with Crippen LogP contribution in [0.5, 0.6) is 0 Å². The van der Waals surface area contributed by atoms with E-state index in [2.05, 4.69) is 34.6 Å². The molecule has 2 N–H and O–H groups in total. The van der Waals surface area contributed by atoms with Crippen molar-refractivity contribution in [3.05, 3.63) is 83.2 Å². The van der Waals surface area contributed by atoms with Crippen molar-refractivity contribution in [2.75, 3.05) is 11.9 Å². The van der Waals surface area contributed by atoms with Crippen molar-refractivity contribution in [2.24, 2.45) is 0 Å². The van der Waals surface area contributed by atoms with E-state index >= 15 is 0 Å². The number of ether oxygens (including phenoxy) is 1. The Morgan fingerprint density at radius 1 is 1.07 bits per heavy atom. The van der Waals surface area contributed by atoms with Gasteiger partial charge in [-0.25, -0.2) is 14.6 Å². The Balaban J connectivity index is 1.47. The highest BCUT2D eigenvalue weighted by Crippen LogP contribution is 2.44. The molecule has 0 aliphatic heterocycles. The molecule has 6 heteroatoms. The van der Waals surface area contributed by atoms with Gasteiger partial charge >= 0.3 is 12.1 Å². The zero-order valence-electron chi connectivity index (χ0n) is 15.2. The van der Waals surface area contributed by atoms with E-state index in [9.17, 15) is 9.59 Å². The summed E-state index contributed by atoms with van der Waals surface area (Å²) in [5.74, 6) is -1.13. The normalized spacial score (nSPS) is 12.2. The highest BCUT2D eigenvalue weighted by atomic mass is 16.5. The lowest BCUT2D eigenvalue weighted by Gasteiger charge is -2.14. The minimum atomic E-state index is -1.11. The molecule has 4 rings (SSSR count). The Kier molecular flexibility index (Phi) is 4.53. The zero-order valence-corrected chi connectivity index (χ0v) is 15.2. The predicted octanol–water partition coefficient (Wildman–Crippen LogP) is 4.45. The van der Waals surface area contributed by atoms with Gasteiger partial charge in [-0.1, -0.05) is 48.5 Å². The van der Waals surface area contributed by atoms with Gasteiger partial charge in [0, 0.05) is 5.92 Å². The fourth-order valence-corrected chi connectivity index (χ4v) is 3.62. The molecule has 0 spiro atoms. The van der Waals surface area contributed by atoms with Gasteiger partial charge in [-0.3, -0.25) is 5.32 Å². The van der Waals surface area contributed by atoms with Crippen LogP contribution in [0.25, 0.3) is 11.1 Å². The third-order valence-corrected chi connectivity index (χ3v) is 4.87. The van der Waals surface area contributed by atoms with Crippen molar-refractivity contribution in [2.45, 2.75) is 12.8 Å². The van der Waals surface area contributed by atoms with Gasteiger partial charge in [0.2, 0.25) is 0 Å². The van der Waals surface area contributed by atoms with E-state index in [4.69, 9.17) is 9.84 Å². The molecule has 0 saturated heterocycles. The summed E-state index contributed by atoms with van der Waals surface area (Å²) in [5.41, 5.74) is 5.41. The zero-order chi connectivity index (χ0) is 19.7. The number of carbonyl (C=O) groups excluding carboxylic acids is 1. The SMILES string of the molecule is Cc1cc(NC(=O)OCC2c3ccccc3-c3ccccc32)cnc1C(=O)O. The van der Waals surface area contributed by atoms with Gasteiger partial charge in [0.05, 0.1) is 11.9 Å². The number of carboxylic acids is 1. The highest BCUT2D eigenvalue weighted by molar-refractivity contribution is 5.89. The lowest BCUT2D eigenvalue weighted by Crippen LogP contribution is -2.18. The summed E-state index contributed by atoms with van der Waals surface area (Å²) >= 11 is 0. The number of aromatic nitrogens is 1. The molecule has 0 fully saturated rings. The largest absolute Gasteiger partial charge is 0.477 e. The van der Waals surface area contributed by atoms with Crippen LogP contribution in [0, 0.1) is 6.92 Å². The van der Waals surface area contributed by atoms with Crippen LogP contribution >= 0.6 is 0 Å². The molecule has 1 aliphatic rings. The number of carbonyl (C=O) groups is 2. The molecule has 0 radical (unpaired) electrons. The van der Waals surface area contributed by atoms with Crippen molar-refractivity contribution < 1.29 is 19.4 Å². The second-order valence-electron chi connectivity index (χ2n) is 6.65. The Hall–Kier alpha value is -3.67. The summed E-state index contributed by atoms with van der Waals surface area (Å²) in [6, 6.07) is 17.8. The van der Waals surface area contributed by atoms with Crippen LogP contribution in [0.2, 0.25) is 0 Å². The van der Waals surface area contributed by atoms with Gasteiger partial charge in [-0.15, -0.1) is 0 Å². The number of rotatable bonds is 4. The number of aryl methyl sites for hydroxylation is 1. The second kappa shape index (κ2) is 7.15. The van der Waals surface area contributed by atoms with E-state index in [0.29, 0.717) is 11.3 Å². The van der Waals surface area contributed by atoms with Gasteiger partial charge in [-0.2, -0.15) is 0 Å². The summed E-state index contributed by atoms with van der Waals surface area (Å²) in [6.45, 7) is 1.83. The van der Waals surface area contributed by atoms with Crippen LogP contribution in [0.1, 0.15) is 33.1 Å². The van der Waals surface area contributed by atoms with Crippen LogP contribution in [-0.2, 0) is 4.74 Å². The van der Waals surface area contributed by atoms with E-state index in [1.54, 1.807) is 13.0 Å². The average Bonchev–Trinajstić information content (AvgIpc) is 3.00. The van der Waals surface area contributed by atoms with Gasteiger partial charge in [0.15, 0.2) is 5.69 Å². The smallest absolute Gasteiger partial charge is 0.411 e. The summed E-state index contributed by atoms with van der Waals surface area (Å²) in [4.78, 5) is 27.1. The minimum absolute atomic E-state index is 0.0209. The third-order valence-electron chi connectivity index (χ3n) is 4.87. The maximum atomic E-state index is 12.2. The molecule has 1 amide bonds. The van der Waals surface area contributed by atoms with Gasteiger partial charge in [0.25, 0.3) is 0 Å². The molecule has 0 unspecified atom stereocenters. The summed E-state index contributed by atoms with van der Waals surface area (Å²) in [5, 5.41) is 11.6. The van der Waals surface area contributed by atoms with Crippen molar-refractivity contribution in [3.63, 3.8) is 0 Å². The second-order valence-corrected chi connectivity index (χ2v) is 6.65. The lowest BCUT2D eigenvalue weighted by molar-refractivity contribution is 0.0689. The maximum absolute atomic E-state index is 12.2. The molecule has 0 saturated carbocycles. The average molecular weight is 374 g/mol. The fourth-order valence-electron chi connectivity index (χ4n) is 3.62. The molecule has 6 nitrogen and oxygen atoms in total. The number of benzene rings is 2. The number of nitrogens with zero attached hydrogens (tertiary/aromatic N) is 1. The third kappa shape index (κ3) is 3.20. The van der Waals surface area contributed by atoms with Crippen molar-refractivity contribution in [1.82, 2.24) is 4.98 Å².